The summed E-state index contributed by atoms with van der Waals surface area (Å²) in [6.45, 7) is 0. The van der Waals surface area contributed by atoms with E-state index in [0.29, 0.717) is 10.6 Å². The number of carbonyl (C=O) groups excluding carboxylic acids is 1. The number of aromatic nitrogens is 1. The lowest BCUT2D eigenvalue weighted by Crippen LogP contribution is -1.96. The number of para-hydroxylation sites is 1. The van der Waals surface area contributed by atoms with Gasteiger partial charge in [0.2, 0.25) is 0 Å². The molecule has 2 heterocycles. The second-order valence-electron chi connectivity index (χ2n) is 5.62. The van der Waals surface area contributed by atoms with E-state index in [9.17, 15) is 4.79 Å². The van der Waals surface area contributed by atoms with Crippen molar-refractivity contribution in [1.29, 1.82) is 0 Å². The van der Waals surface area contributed by atoms with Crippen molar-refractivity contribution in [3.05, 3.63) is 77.9 Å². The molecule has 0 N–H and O–H groups in total. The van der Waals surface area contributed by atoms with Crippen molar-refractivity contribution in [3.63, 3.8) is 0 Å². The fourth-order valence-corrected chi connectivity index (χ4v) is 3.71. The van der Waals surface area contributed by atoms with Crippen LogP contribution in [-0.4, -0.2) is 18.1 Å². The van der Waals surface area contributed by atoms with Crippen LogP contribution in [0, 0.1) is 0 Å². The number of hydrogen-bond donors (Lipinski definition) is 0. The SMILES string of the molecule is COC(=O)c1cc2c(Oc3ccccc3-c3ccccc3)cncc2s1. The van der Waals surface area contributed by atoms with Crippen molar-refractivity contribution < 1.29 is 14.3 Å². The summed E-state index contributed by atoms with van der Waals surface area (Å²) in [6, 6.07) is 19.7. The molecule has 0 spiro atoms. The minimum atomic E-state index is -0.359. The zero-order chi connectivity index (χ0) is 17.9. The molecular formula is C21H15NO3S. The average molecular weight is 361 g/mol. The van der Waals surface area contributed by atoms with Gasteiger partial charge < -0.3 is 9.47 Å². The third-order valence-electron chi connectivity index (χ3n) is 3.99. The van der Waals surface area contributed by atoms with Gasteiger partial charge in [0.1, 0.15) is 10.6 Å². The molecule has 4 rings (SSSR count). The van der Waals surface area contributed by atoms with Crippen molar-refractivity contribution >= 4 is 27.4 Å². The Labute approximate surface area is 154 Å². The van der Waals surface area contributed by atoms with Gasteiger partial charge >= 0.3 is 5.97 Å². The standard InChI is InChI=1S/C21H15NO3S/c1-24-21(23)19-11-16-18(12-22-13-20(16)26-19)25-17-10-6-5-9-15(17)14-7-3-2-4-8-14/h2-13H,1H3. The maximum Gasteiger partial charge on any atom is 0.348 e. The number of methoxy groups -OCH3 is 1. The van der Waals surface area contributed by atoms with Gasteiger partial charge in [0.25, 0.3) is 0 Å². The van der Waals surface area contributed by atoms with Gasteiger partial charge in [0.15, 0.2) is 5.75 Å². The summed E-state index contributed by atoms with van der Waals surface area (Å²) >= 11 is 1.34. The van der Waals surface area contributed by atoms with Crippen LogP contribution in [0.25, 0.3) is 21.2 Å². The topological polar surface area (TPSA) is 48.4 Å². The highest BCUT2D eigenvalue weighted by molar-refractivity contribution is 7.20. The minimum Gasteiger partial charge on any atom is -0.465 e. The van der Waals surface area contributed by atoms with Crippen LogP contribution in [0.5, 0.6) is 11.5 Å². The molecule has 0 saturated carbocycles. The van der Waals surface area contributed by atoms with E-state index in [4.69, 9.17) is 9.47 Å². The van der Waals surface area contributed by atoms with Crippen LogP contribution in [0.2, 0.25) is 0 Å². The fraction of sp³-hybridized carbons (Fsp3) is 0.0476. The first kappa shape index (κ1) is 16.3. The molecule has 0 bridgehead atoms. The van der Waals surface area contributed by atoms with Crippen molar-refractivity contribution in [2.24, 2.45) is 0 Å². The van der Waals surface area contributed by atoms with Crippen LogP contribution in [0.15, 0.2) is 73.1 Å². The van der Waals surface area contributed by atoms with Gasteiger partial charge in [-0.3, -0.25) is 4.98 Å². The zero-order valence-corrected chi connectivity index (χ0v) is 14.8. The monoisotopic (exact) mass is 361 g/mol. The van der Waals surface area contributed by atoms with Gasteiger partial charge in [-0.15, -0.1) is 11.3 Å². The Kier molecular flexibility index (Phi) is 4.37. The molecule has 0 amide bonds. The zero-order valence-electron chi connectivity index (χ0n) is 14.0. The van der Waals surface area contributed by atoms with E-state index in [2.05, 4.69) is 4.98 Å². The summed E-state index contributed by atoms with van der Waals surface area (Å²) in [5.74, 6) is 0.984. The van der Waals surface area contributed by atoms with E-state index in [1.165, 1.54) is 18.4 Å². The normalized spacial score (nSPS) is 10.7. The lowest BCUT2D eigenvalue weighted by Gasteiger charge is -2.11. The lowest BCUT2D eigenvalue weighted by molar-refractivity contribution is 0.0606. The Morgan fingerprint density at radius 2 is 1.73 bits per heavy atom. The lowest BCUT2D eigenvalue weighted by atomic mass is 10.0. The highest BCUT2D eigenvalue weighted by atomic mass is 32.1. The Hall–Kier alpha value is -3.18. The Morgan fingerprint density at radius 1 is 0.962 bits per heavy atom. The number of rotatable bonds is 4. The molecule has 5 heteroatoms. The van der Waals surface area contributed by atoms with Crippen LogP contribution >= 0.6 is 11.3 Å². The molecule has 4 aromatic rings. The summed E-state index contributed by atoms with van der Waals surface area (Å²) in [4.78, 5) is 16.6. The maximum atomic E-state index is 11.8. The fourth-order valence-electron chi connectivity index (χ4n) is 2.75. The first-order valence-electron chi connectivity index (χ1n) is 8.04. The second-order valence-corrected chi connectivity index (χ2v) is 6.70. The average Bonchev–Trinajstić information content (AvgIpc) is 3.14. The van der Waals surface area contributed by atoms with E-state index >= 15 is 0 Å². The summed E-state index contributed by atoms with van der Waals surface area (Å²) in [6.07, 6.45) is 3.39. The predicted molar refractivity (Wildman–Crippen MR) is 103 cm³/mol. The summed E-state index contributed by atoms with van der Waals surface area (Å²) in [5, 5.41) is 0.841. The van der Waals surface area contributed by atoms with Crippen molar-refractivity contribution in [2.75, 3.05) is 7.11 Å². The number of carbonyl (C=O) groups is 1. The second kappa shape index (κ2) is 6.98. The smallest absolute Gasteiger partial charge is 0.348 e. The van der Waals surface area contributed by atoms with Gasteiger partial charge in [-0.2, -0.15) is 0 Å². The molecule has 0 unspecified atom stereocenters. The van der Waals surface area contributed by atoms with E-state index in [-0.39, 0.29) is 5.97 Å². The first-order valence-corrected chi connectivity index (χ1v) is 8.86. The van der Waals surface area contributed by atoms with Gasteiger partial charge in [0.05, 0.1) is 18.0 Å². The molecular weight excluding hydrogens is 346 g/mol. The molecule has 0 aliphatic heterocycles. The number of nitrogens with zero attached hydrogens (tertiary/aromatic N) is 1. The van der Waals surface area contributed by atoms with E-state index < -0.39 is 0 Å². The van der Waals surface area contributed by atoms with Gasteiger partial charge in [-0.05, 0) is 17.7 Å². The summed E-state index contributed by atoms with van der Waals surface area (Å²) in [7, 11) is 1.37. The molecule has 0 radical (unpaired) electrons. The van der Waals surface area contributed by atoms with Crippen LogP contribution < -0.4 is 4.74 Å². The molecule has 0 aliphatic rings. The molecule has 26 heavy (non-hydrogen) atoms. The third kappa shape index (κ3) is 3.05. The highest BCUT2D eigenvalue weighted by Gasteiger charge is 2.15. The minimum absolute atomic E-state index is 0.359. The Bertz CT molecular complexity index is 1070. The number of benzene rings is 2. The Balaban J connectivity index is 1.77. The number of pyridine rings is 1. The number of esters is 1. The van der Waals surface area contributed by atoms with E-state index in [0.717, 1.165) is 27.0 Å². The molecule has 2 aromatic carbocycles. The van der Waals surface area contributed by atoms with Crippen LogP contribution in [0.1, 0.15) is 9.67 Å². The van der Waals surface area contributed by atoms with Gasteiger partial charge in [-0.25, -0.2) is 4.79 Å². The van der Waals surface area contributed by atoms with E-state index in [1.807, 2.05) is 54.6 Å². The van der Waals surface area contributed by atoms with Crippen molar-refractivity contribution in [2.45, 2.75) is 0 Å². The molecule has 0 saturated heterocycles. The summed E-state index contributed by atoms with van der Waals surface area (Å²) < 4.78 is 11.9. The van der Waals surface area contributed by atoms with Crippen LogP contribution in [-0.2, 0) is 4.74 Å². The Morgan fingerprint density at radius 3 is 2.54 bits per heavy atom. The molecule has 0 fully saturated rings. The third-order valence-corrected chi connectivity index (χ3v) is 5.04. The van der Waals surface area contributed by atoms with Crippen molar-refractivity contribution in [1.82, 2.24) is 4.98 Å². The van der Waals surface area contributed by atoms with Crippen LogP contribution in [0.4, 0.5) is 0 Å². The number of ether oxygens (including phenoxy) is 2. The molecule has 2 aromatic heterocycles. The van der Waals surface area contributed by atoms with Crippen molar-refractivity contribution in [3.8, 4) is 22.6 Å². The summed E-state index contributed by atoms with van der Waals surface area (Å²) in [5.41, 5.74) is 2.07. The number of thiophene rings is 1. The predicted octanol–water partition coefficient (Wildman–Crippen LogP) is 5.54. The van der Waals surface area contributed by atoms with Gasteiger partial charge in [0, 0.05) is 17.1 Å². The number of hydrogen-bond acceptors (Lipinski definition) is 5. The maximum absolute atomic E-state index is 11.8. The highest BCUT2D eigenvalue weighted by Crippen LogP contribution is 2.38. The van der Waals surface area contributed by atoms with Gasteiger partial charge in [-0.1, -0.05) is 48.5 Å². The van der Waals surface area contributed by atoms with Crippen LogP contribution in [0.3, 0.4) is 0 Å². The molecule has 0 atom stereocenters. The molecule has 128 valence electrons. The largest absolute Gasteiger partial charge is 0.465 e. The first-order chi connectivity index (χ1) is 12.8. The number of fused-ring (bicyclic) bond motifs is 1. The molecule has 4 nitrogen and oxygen atoms in total. The quantitative estimate of drug-likeness (QED) is 0.448. The van der Waals surface area contributed by atoms with E-state index in [1.54, 1.807) is 18.5 Å². The molecule has 0 aliphatic carbocycles.